The Morgan fingerprint density at radius 1 is 1.08 bits per heavy atom. The van der Waals surface area contributed by atoms with Gasteiger partial charge in [0.1, 0.15) is 5.82 Å². The molecule has 1 saturated heterocycles. The average molecular weight is 380 g/mol. The molecule has 2 nitrogen and oxygen atoms in total. The second-order valence-corrected chi connectivity index (χ2v) is 7.55. The number of amides is 1. The number of hydrogen-bond acceptors (Lipinski definition) is 1. The summed E-state index contributed by atoms with van der Waals surface area (Å²) >= 11 is 12.0. The first kappa shape index (κ1) is 18.2. The van der Waals surface area contributed by atoms with Gasteiger partial charge in [-0.05, 0) is 55.7 Å². The Hall–Kier alpha value is -1.58. The highest BCUT2D eigenvalue weighted by atomic mass is 35.5. The molecule has 5 heteroatoms. The third-order valence-electron chi connectivity index (χ3n) is 4.78. The molecule has 2 atom stereocenters. The van der Waals surface area contributed by atoms with Crippen molar-refractivity contribution >= 4 is 29.1 Å². The third kappa shape index (κ3) is 3.68. The molecule has 1 aliphatic heterocycles. The molecule has 1 amide bonds. The predicted octanol–water partition coefficient (Wildman–Crippen LogP) is 5.99. The summed E-state index contributed by atoms with van der Waals surface area (Å²) in [7, 11) is 0. The zero-order valence-electron chi connectivity index (χ0n) is 14.2. The molecular formula is C20H20Cl2FNO. The Labute approximate surface area is 157 Å². The van der Waals surface area contributed by atoms with Crippen LogP contribution in [0.25, 0.3) is 0 Å². The maximum Gasteiger partial charge on any atom is 0.223 e. The Morgan fingerprint density at radius 3 is 2.32 bits per heavy atom. The molecule has 2 aromatic rings. The molecule has 2 aromatic carbocycles. The van der Waals surface area contributed by atoms with Crippen molar-refractivity contribution in [2.24, 2.45) is 0 Å². The van der Waals surface area contributed by atoms with E-state index in [1.807, 2.05) is 43.0 Å². The number of carbonyl (C=O) groups excluding carboxylic acids is 1. The van der Waals surface area contributed by atoms with Gasteiger partial charge in [-0.15, -0.1) is 0 Å². The fraction of sp³-hybridized carbons (Fsp3) is 0.350. The summed E-state index contributed by atoms with van der Waals surface area (Å²) in [5.41, 5.74) is 1.97. The van der Waals surface area contributed by atoms with Crippen molar-refractivity contribution in [3.8, 4) is 0 Å². The van der Waals surface area contributed by atoms with Crippen molar-refractivity contribution in [3.05, 3.63) is 69.5 Å². The van der Waals surface area contributed by atoms with Gasteiger partial charge in [0.15, 0.2) is 0 Å². The molecule has 0 radical (unpaired) electrons. The van der Waals surface area contributed by atoms with Crippen LogP contribution in [-0.4, -0.2) is 16.8 Å². The first-order chi connectivity index (χ1) is 11.9. The highest BCUT2D eigenvalue weighted by Gasteiger charge is 2.39. The van der Waals surface area contributed by atoms with Gasteiger partial charge < -0.3 is 4.90 Å². The van der Waals surface area contributed by atoms with E-state index in [1.165, 1.54) is 6.07 Å². The lowest BCUT2D eigenvalue weighted by molar-refractivity contribution is -0.139. The van der Waals surface area contributed by atoms with Gasteiger partial charge >= 0.3 is 0 Å². The fourth-order valence-corrected chi connectivity index (χ4v) is 3.98. The second kappa shape index (κ2) is 7.35. The Kier molecular flexibility index (Phi) is 5.35. The van der Waals surface area contributed by atoms with Crippen molar-refractivity contribution in [3.63, 3.8) is 0 Å². The molecule has 0 bridgehead atoms. The smallest absolute Gasteiger partial charge is 0.223 e. The highest BCUT2D eigenvalue weighted by Crippen LogP contribution is 2.44. The number of carbonyl (C=O) groups is 1. The van der Waals surface area contributed by atoms with Crippen LogP contribution >= 0.6 is 23.2 Å². The Balaban J connectivity index is 2.09. The van der Waals surface area contributed by atoms with E-state index in [0.29, 0.717) is 17.9 Å². The van der Waals surface area contributed by atoms with Crippen molar-refractivity contribution < 1.29 is 9.18 Å². The molecule has 1 aliphatic rings. The van der Waals surface area contributed by atoms with Crippen LogP contribution in [0.2, 0.25) is 10.0 Å². The maximum atomic E-state index is 13.6. The van der Waals surface area contributed by atoms with Crippen molar-refractivity contribution in [1.29, 1.82) is 0 Å². The molecule has 3 rings (SSSR count). The van der Waals surface area contributed by atoms with Crippen LogP contribution in [0.1, 0.15) is 49.8 Å². The lowest BCUT2D eigenvalue weighted by Gasteiger charge is -2.44. The minimum atomic E-state index is -0.430. The molecular weight excluding hydrogens is 360 g/mol. The topological polar surface area (TPSA) is 20.3 Å². The van der Waals surface area contributed by atoms with Crippen LogP contribution in [0.5, 0.6) is 0 Å². The van der Waals surface area contributed by atoms with E-state index in [-0.39, 0.29) is 28.9 Å². The van der Waals surface area contributed by atoms with E-state index in [0.717, 1.165) is 11.1 Å². The van der Waals surface area contributed by atoms with E-state index >= 15 is 0 Å². The van der Waals surface area contributed by atoms with Gasteiger partial charge in [0.25, 0.3) is 0 Å². The van der Waals surface area contributed by atoms with Crippen LogP contribution < -0.4 is 0 Å². The molecule has 0 aliphatic carbocycles. The second-order valence-electron chi connectivity index (χ2n) is 6.71. The molecule has 25 heavy (non-hydrogen) atoms. The van der Waals surface area contributed by atoms with Gasteiger partial charge in [0.05, 0.1) is 11.1 Å². The van der Waals surface area contributed by atoms with E-state index in [1.54, 1.807) is 12.1 Å². The van der Waals surface area contributed by atoms with Crippen molar-refractivity contribution in [1.82, 2.24) is 4.90 Å². The summed E-state index contributed by atoms with van der Waals surface area (Å²) in [6.45, 7) is 4.03. The van der Waals surface area contributed by atoms with Crippen LogP contribution in [-0.2, 0) is 4.79 Å². The zero-order chi connectivity index (χ0) is 18.1. The van der Waals surface area contributed by atoms with Crippen molar-refractivity contribution in [2.75, 3.05) is 0 Å². The zero-order valence-corrected chi connectivity index (χ0v) is 15.7. The highest BCUT2D eigenvalue weighted by molar-refractivity contribution is 6.31. The molecule has 2 unspecified atom stereocenters. The van der Waals surface area contributed by atoms with Crippen LogP contribution in [0.15, 0.2) is 42.5 Å². The monoisotopic (exact) mass is 379 g/mol. The largest absolute Gasteiger partial charge is 0.333 e. The summed E-state index contributed by atoms with van der Waals surface area (Å²) in [5, 5.41) is 0.767. The number of rotatable bonds is 3. The normalized spacial score (nSPS) is 21.0. The van der Waals surface area contributed by atoms with E-state index in [2.05, 4.69) is 0 Å². The first-order valence-electron chi connectivity index (χ1n) is 8.40. The maximum absolute atomic E-state index is 13.6. The number of hydrogen-bond donors (Lipinski definition) is 0. The van der Waals surface area contributed by atoms with E-state index in [4.69, 9.17) is 23.2 Å². The molecule has 0 spiro atoms. The van der Waals surface area contributed by atoms with Crippen LogP contribution in [0.4, 0.5) is 4.39 Å². The molecule has 1 heterocycles. The SMILES string of the molecule is CC(C)N1C(=O)CCC(c2ccc(F)c(Cl)c2)C1c1ccc(Cl)cc1. The Morgan fingerprint density at radius 2 is 1.72 bits per heavy atom. The number of piperidine rings is 1. The van der Waals surface area contributed by atoms with Gasteiger partial charge in [-0.2, -0.15) is 0 Å². The number of halogens is 3. The van der Waals surface area contributed by atoms with Gasteiger partial charge in [0, 0.05) is 23.4 Å². The summed E-state index contributed by atoms with van der Waals surface area (Å²) < 4.78 is 13.6. The lowest BCUT2D eigenvalue weighted by atomic mass is 9.79. The number of benzene rings is 2. The minimum absolute atomic E-state index is 0.0550. The van der Waals surface area contributed by atoms with Gasteiger partial charge in [-0.1, -0.05) is 41.4 Å². The molecule has 0 saturated carbocycles. The molecule has 132 valence electrons. The summed E-state index contributed by atoms with van der Waals surface area (Å²) in [5.74, 6) is -0.236. The minimum Gasteiger partial charge on any atom is -0.333 e. The summed E-state index contributed by atoms with van der Waals surface area (Å²) in [6.07, 6.45) is 1.18. The molecule has 1 fully saturated rings. The van der Waals surface area contributed by atoms with Crippen molar-refractivity contribution in [2.45, 2.75) is 44.7 Å². The van der Waals surface area contributed by atoms with Gasteiger partial charge in [-0.3, -0.25) is 4.79 Å². The number of likely N-dealkylation sites (tertiary alicyclic amines) is 1. The lowest BCUT2D eigenvalue weighted by Crippen LogP contribution is -2.45. The van der Waals surface area contributed by atoms with E-state index in [9.17, 15) is 9.18 Å². The standard InChI is InChI=1S/C20H20Cl2FNO/c1-12(2)24-19(25)10-8-16(14-5-9-18(23)17(22)11-14)20(24)13-3-6-15(21)7-4-13/h3-7,9,11-12,16,20H,8,10H2,1-2H3. The summed E-state index contributed by atoms with van der Waals surface area (Å²) in [6, 6.07) is 12.4. The van der Waals surface area contributed by atoms with Crippen LogP contribution in [0.3, 0.4) is 0 Å². The fourth-order valence-electron chi connectivity index (χ4n) is 3.67. The van der Waals surface area contributed by atoms with Gasteiger partial charge in [0.2, 0.25) is 5.91 Å². The quantitative estimate of drug-likeness (QED) is 0.641. The predicted molar refractivity (Wildman–Crippen MR) is 99.6 cm³/mol. The summed E-state index contributed by atoms with van der Waals surface area (Å²) in [4.78, 5) is 14.5. The molecule has 0 N–H and O–H groups in total. The number of nitrogens with zero attached hydrogens (tertiary/aromatic N) is 1. The van der Waals surface area contributed by atoms with Gasteiger partial charge in [-0.25, -0.2) is 4.39 Å². The first-order valence-corrected chi connectivity index (χ1v) is 9.15. The Bertz CT molecular complexity index is 776. The average Bonchev–Trinajstić information content (AvgIpc) is 2.57. The third-order valence-corrected chi connectivity index (χ3v) is 5.32. The van der Waals surface area contributed by atoms with E-state index < -0.39 is 5.82 Å². The van der Waals surface area contributed by atoms with Crippen LogP contribution in [0, 0.1) is 5.82 Å². The molecule has 0 aromatic heterocycles.